The Balaban J connectivity index is 1.64. The number of amides is 1. The standard InChI is InChI=1S/C11H12F5NO/c12-10(13,11(14,15)16)9(18)17-8-6-4-1-2-5(3-4)7(6)8/h4-8H,1-3H2,(H,17,18). The van der Waals surface area contributed by atoms with Crippen LogP contribution in [0.3, 0.4) is 0 Å². The molecule has 3 fully saturated rings. The van der Waals surface area contributed by atoms with Crippen LogP contribution in [0, 0.1) is 23.7 Å². The highest BCUT2D eigenvalue weighted by molar-refractivity contribution is 5.85. The number of hydrogen-bond acceptors (Lipinski definition) is 1. The third-order valence-corrected chi connectivity index (χ3v) is 4.67. The van der Waals surface area contributed by atoms with Crippen LogP contribution in [0.2, 0.25) is 0 Å². The van der Waals surface area contributed by atoms with Crippen LogP contribution in [0.1, 0.15) is 19.3 Å². The lowest BCUT2D eigenvalue weighted by molar-refractivity contribution is -0.269. The molecule has 7 heteroatoms. The molecule has 4 unspecified atom stereocenters. The van der Waals surface area contributed by atoms with Crippen molar-refractivity contribution < 1.29 is 26.7 Å². The molecule has 0 spiro atoms. The molecule has 1 amide bonds. The Kier molecular flexibility index (Phi) is 2.27. The van der Waals surface area contributed by atoms with Crippen molar-refractivity contribution in [1.29, 1.82) is 0 Å². The van der Waals surface area contributed by atoms with Crippen molar-refractivity contribution in [3.05, 3.63) is 0 Å². The quantitative estimate of drug-likeness (QED) is 0.766. The van der Waals surface area contributed by atoms with Gasteiger partial charge >= 0.3 is 18.0 Å². The zero-order chi connectivity index (χ0) is 13.3. The first-order valence-corrected chi connectivity index (χ1v) is 5.99. The second-order valence-electron chi connectivity index (χ2n) is 5.56. The average molecular weight is 269 g/mol. The second-order valence-corrected chi connectivity index (χ2v) is 5.56. The van der Waals surface area contributed by atoms with Gasteiger partial charge in [0.05, 0.1) is 0 Å². The molecular formula is C11H12F5NO. The minimum Gasteiger partial charge on any atom is -0.347 e. The summed E-state index contributed by atoms with van der Waals surface area (Å²) in [6, 6.07) is -0.461. The Morgan fingerprint density at radius 1 is 1.00 bits per heavy atom. The lowest BCUT2D eigenvalue weighted by Crippen LogP contribution is -2.51. The summed E-state index contributed by atoms with van der Waals surface area (Å²) in [5, 5.41) is 1.89. The van der Waals surface area contributed by atoms with Gasteiger partial charge in [-0.1, -0.05) is 0 Å². The van der Waals surface area contributed by atoms with Crippen LogP contribution < -0.4 is 5.32 Å². The molecule has 0 heterocycles. The fraction of sp³-hybridized carbons (Fsp3) is 0.909. The zero-order valence-electron chi connectivity index (χ0n) is 9.31. The molecule has 2 bridgehead atoms. The van der Waals surface area contributed by atoms with Gasteiger partial charge in [0.15, 0.2) is 0 Å². The van der Waals surface area contributed by atoms with Crippen molar-refractivity contribution in [2.75, 3.05) is 0 Å². The maximum atomic E-state index is 12.8. The van der Waals surface area contributed by atoms with Crippen LogP contribution >= 0.6 is 0 Å². The topological polar surface area (TPSA) is 29.1 Å². The lowest BCUT2D eigenvalue weighted by atomic mass is 10.0. The molecule has 3 aliphatic rings. The number of halogens is 5. The van der Waals surface area contributed by atoms with E-state index in [9.17, 15) is 26.7 Å². The van der Waals surface area contributed by atoms with Gasteiger partial charge in [-0.3, -0.25) is 4.79 Å². The number of nitrogens with one attached hydrogen (secondary N) is 1. The number of rotatable bonds is 2. The van der Waals surface area contributed by atoms with Gasteiger partial charge < -0.3 is 5.32 Å². The third kappa shape index (κ3) is 1.48. The summed E-state index contributed by atoms with van der Waals surface area (Å²) >= 11 is 0. The van der Waals surface area contributed by atoms with Crippen molar-refractivity contribution in [2.24, 2.45) is 23.7 Å². The molecule has 3 saturated carbocycles. The van der Waals surface area contributed by atoms with E-state index in [1.165, 1.54) is 0 Å². The molecule has 0 aromatic carbocycles. The summed E-state index contributed by atoms with van der Waals surface area (Å²) in [6.45, 7) is 0. The van der Waals surface area contributed by atoms with E-state index in [0.717, 1.165) is 19.3 Å². The maximum Gasteiger partial charge on any atom is 0.463 e. The molecule has 1 N–H and O–H groups in total. The van der Waals surface area contributed by atoms with E-state index in [-0.39, 0.29) is 11.8 Å². The highest BCUT2D eigenvalue weighted by Crippen LogP contribution is 2.65. The minimum absolute atomic E-state index is 0.136. The third-order valence-electron chi connectivity index (χ3n) is 4.67. The van der Waals surface area contributed by atoms with Crippen LogP contribution in [-0.2, 0) is 4.79 Å². The van der Waals surface area contributed by atoms with Crippen molar-refractivity contribution >= 4 is 5.91 Å². The van der Waals surface area contributed by atoms with Gasteiger partial charge in [-0.25, -0.2) is 0 Å². The summed E-state index contributed by atoms with van der Waals surface area (Å²) in [5.74, 6) is -6.40. The van der Waals surface area contributed by atoms with Gasteiger partial charge in [-0.05, 0) is 42.9 Å². The summed E-state index contributed by atoms with van der Waals surface area (Å²) in [4.78, 5) is 11.0. The molecule has 0 aromatic heterocycles. The van der Waals surface area contributed by atoms with Gasteiger partial charge in [-0.2, -0.15) is 22.0 Å². The van der Waals surface area contributed by atoms with Gasteiger partial charge in [0.25, 0.3) is 0 Å². The predicted molar refractivity (Wildman–Crippen MR) is 50.7 cm³/mol. The molecule has 4 atom stereocenters. The Morgan fingerprint density at radius 2 is 1.50 bits per heavy atom. The SMILES string of the molecule is O=C(NC1C2C3CCC(C3)C12)C(F)(F)C(F)(F)F. The predicted octanol–water partition coefficient (Wildman–Crippen LogP) is 2.34. The molecule has 3 aliphatic carbocycles. The van der Waals surface area contributed by atoms with Crippen LogP contribution in [0.5, 0.6) is 0 Å². The Morgan fingerprint density at radius 3 is 1.94 bits per heavy atom. The van der Waals surface area contributed by atoms with E-state index >= 15 is 0 Å². The summed E-state index contributed by atoms with van der Waals surface area (Å²) in [6.07, 6.45) is -2.76. The number of fused-ring (bicyclic) bond motifs is 5. The molecule has 0 aromatic rings. The normalized spacial score (nSPS) is 41.7. The average Bonchev–Trinajstić information content (AvgIpc) is 2.68. The molecule has 0 saturated heterocycles. The van der Waals surface area contributed by atoms with E-state index in [4.69, 9.17) is 0 Å². The van der Waals surface area contributed by atoms with Crippen LogP contribution in [-0.4, -0.2) is 24.0 Å². The number of carbonyl (C=O) groups is 1. The molecular weight excluding hydrogens is 257 g/mol. The molecule has 102 valence electrons. The molecule has 2 nitrogen and oxygen atoms in total. The fourth-order valence-corrected chi connectivity index (χ4v) is 3.89. The number of carbonyl (C=O) groups excluding carboxylic acids is 1. The first kappa shape index (κ1) is 12.2. The maximum absolute atomic E-state index is 12.8. The molecule has 0 radical (unpaired) electrons. The van der Waals surface area contributed by atoms with Crippen LogP contribution in [0.25, 0.3) is 0 Å². The smallest absolute Gasteiger partial charge is 0.347 e. The van der Waals surface area contributed by atoms with Crippen molar-refractivity contribution in [3.8, 4) is 0 Å². The zero-order valence-corrected chi connectivity index (χ0v) is 9.31. The first-order chi connectivity index (χ1) is 8.23. The highest BCUT2D eigenvalue weighted by Gasteiger charge is 2.69. The largest absolute Gasteiger partial charge is 0.463 e. The minimum atomic E-state index is -5.82. The number of hydrogen-bond donors (Lipinski definition) is 1. The Bertz CT molecular complexity index is 377. The monoisotopic (exact) mass is 269 g/mol. The first-order valence-electron chi connectivity index (χ1n) is 5.99. The van der Waals surface area contributed by atoms with E-state index in [1.807, 2.05) is 5.32 Å². The van der Waals surface area contributed by atoms with Crippen LogP contribution in [0.4, 0.5) is 22.0 Å². The molecule has 0 aliphatic heterocycles. The van der Waals surface area contributed by atoms with Gasteiger partial charge in [0.1, 0.15) is 0 Å². The second kappa shape index (κ2) is 3.36. The van der Waals surface area contributed by atoms with Gasteiger partial charge in [0, 0.05) is 6.04 Å². The van der Waals surface area contributed by atoms with E-state index in [2.05, 4.69) is 0 Å². The highest BCUT2D eigenvalue weighted by atomic mass is 19.4. The van der Waals surface area contributed by atoms with Crippen molar-refractivity contribution in [3.63, 3.8) is 0 Å². The summed E-state index contributed by atoms with van der Waals surface area (Å²) in [7, 11) is 0. The van der Waals surface area contributed by atoms with Crippen LogP contribution in [0.15, 0.2) is 0 Å². The lowest BCUT2D eigenvalue weighted by Gasteiger charge is -2.19. The van der Waals surface area contributed by atoms with Gasteiger partial charge in [-0.15, -0.1) is 0 Å². The van der Waals surface area contributed by atoms with Gasteiger partial charge in [0.2, 0.25) is 0 Å². The van der Waals surface area contributed by atoms with E-state index in [1.54, 1.807) is 0 Å². The fourth-order valence-electron chi connectivity index (χ4n) is 3.89. The van der Waals surface area contributed by atoms with Crippen molar-refractivity contribution in [2.45, 2.75) is 37.4 Å². The molecule has 3 rings (SSSR count). The number of alkyl halides is 5. The van der Waals surface area contributed by atoms with E-state index < -0.39 is 24.0 Å². The molecule has 18 heavy (non-hydrogen) atoms. The summed E-state index contributed by atoms with van der Waals surface area (Å²) < 4.78 is 61.5. The Hall–Kier alpha value is -0.880. The Labute approximate surface area is 99.9 Å². The van der Waals surface area contributed by atoms with E-state index in [0.29, 0.717) is 11.8 Å². The summed E-state index contributed by atoms with van der Waals surface area (Å²) in [5.41, 5.74) is 0. The van der Waals surface area contributed by atoms with Crippen molar-refractivity contribution in [1.82, 2.24) is 5.32 Å².